The van der Waals surface area contributed by atoms with Crippen molar-refractivity contribution < 1.29 is 9.53 Å². The maximum Gasteiger partial charge on any atom is 0.127 e. The van der Waals surface area contributed by atoms with Crippen molar-refractivity contribution in [3.8, 4) is 0 Å². The third-order valence-electron chi connectivity index (χ3n) is 3.65. The summed E-state index contributed by atoms with van der Waals surface area (Å²) >= 11 is 0. The number of carbonyl (C=O) groups excluding carboxylic acids is 1. The largest absolute Gasteiger partial charge is 0.381 e. The van der Waals surface area contributed by atoms with Gasteiger partial charge in [-0.2, -0.15) is 0 Å². The van der Waals surface area contributed by atoms with E-state index in [2.05, 4.69) is 25.8 Å². The van der Waals surface area contributed by atoms with Crippen LogP contribution in [0.2, 0.25) is 0 Å². The van der Waals surface area contributed by atoms with Gasteiger partial charge in [-0.15, -0.1) is 0 Å². The molecule has 3 heteroatoms. The first kappa shape index (κ1) is 14.7. The molecule has 0 aliphatic carbocycles. The van der Waals surface area contributed by atoms with E-state index in [1.807, 2.05) is 0 Å². The molecule has 1 unspecified atom stereocenters. The van der Waals surface area contributed by atoms with E-state index in [0.717, 1.165) is 64.2 Å². The second kappa shape index (κ2) is 7.12. The first-order chi connectivity index (χ1) is 8.09. The van der Waals surface area contributed by atoms with Crippen LogP contribution in [-0.4, -0.2) is 44.5 Å². The van der Waals surface area contributed by atoms with Gasteiger partial charge in [0, 0.05) is 31.7 Å². The molecule has 0 spiro atoms. The van der Waals surface area contributed by atoms with E-state index in [0.29, 0.717) is 0 Å². The number of carbonyl (C=O) groups is 1. The first-order valence-electron chi connectivity index (χ1n) is 6.82. The smallest absolute Gasteiger partial charge is 0.127 e. The maximum absolute atomic E-state index is 11.2. The summed E-state index contributed by atoms with van der Waals surface area (Å²) in [6.07, 6.45) is 5.51. The molecule has 1 fully saturated rings. The topological polar surface area (TPSA) is 29.5 Å². The Labute approximate surface area is 106 Å². The van der Waals surface area contributed by atoms with Crippen molar-refractivity contribution in [1.29, 1.82) is 0 Å². The van der Waals surface area contributed by atoms with E-state index >= 15 is 0 Å². The molecule has 0 amide bonds. The van der Waals surface area contributed by atoms with Gasteiger partial charge < -0.3 is 14.4 Å². The highest BCUT2D eigenvalue weighted by Crippen LogP contribution is 2.23. The van der Waals surface area contributed by atoms with Crippen LogP contribution in [-0.2, 0) is 9.53 Å². The molecular formula is C14H27NO2. The molecule has 1 rings (SSSR count). The molecule has 17 heavy (non-hydrogen) atoms. The second-order valence-electron chi connectivity index (χ2n) is 5.77. The molecule has 0 radical (unpaired) electrons. The summed E-state index contributed by atoms with van der Waals surface area (Å²) in [6.45, 7) is 7.99. The van der Waals surface area contributed by atoms with E-state index in [1.54, 1.807) is 0 Å². The lowest BCUT2D eigenvalue weighted by Gasteiger charge is -2.32. The van der Waals surface area contributed by atoms with Gasteiger partial charge in [0.25, 0.3) is 0 Å². The molecule has 1 aliphatic heterocycles. The molecule has 1 heterocycles. The van der Waals surface area contributed by atoms with Gasteiger partial charge in [0.15, 0.2) is 0 Å². The lowest BCUT2D eigenvalue weighted by molar-refractivity contribution is -0.116. The summed E-state index contributed by atoms with van der Waals surface area (Å²) < 4.78 is 5.37. The van der Waals surface area contributed by atoms with Gasteiger partial charge in [-0.1, -0.05) is 20.3 Å². The minimum Gasteiger partial charge on any atom is -0.381 e. The van der Waals surface area contributed by atoms with Gasteiger partial charge in [-0.25, -0.2) is 0 Å². The lowest BCUT2D eigenvalue weighted by atomic mass is 9.86. The quantitative estimate of drug-likeness (QED) is 0.641. The zero-order valence-corrected chi connectivity index (χ0v) is 11.6. The highest BCUT2D eigenvalue weighted by Gasteiger charge is 2.25. The molecule has 1 saturated heterocycles. The number of aldehydes is 1. The number of hydrogen-bond donors (Lipinski definition) is 0. The summed E-state index contributed by atoms with van der Waals surface area (Å²) in [6, 6.07) is 0. The number of nitrogens with zero attached hydrogens (tertiary/aromatic N) is 1. The molecule has 0 N–H and O–H groups in total. The predicted molar refractivity (Wildman–Crippen MR) is 70.1 cm³/mol. The monoisotopic (exact) mass is 241 g/mol. The average Bonchev–Trinajstić information content (AvgIpc) is 2.30. The maximum atomic E-state index is 11.2. The molecule has 0 bridgehead atoms. The Balaban J connectivity index is 2.35. The fraction of sp³-hybridized carbons (Fsp3) is 0.929. The van der Waals surface area contributed by atoms with Crippen molar-refractivity contribution in [1.82, 2.24) is 4.90 Å². The van der Waals surface area contributed by atoms with Crippen molar-refractivity contribution in [2.75, 3.05) is 33.4 Å². The predicted octanol–water partition coefficient (Wildman–Crippen LogP) is 2.35. The summed E-state index contributed by atoms with van der Waals surface area (Å²) in [5.41, 5.74) is -0.172. The fourth-order valence-corrected chi connectivity index (χ4v) is 2.80. The second-order valence-corrected chi connectivity index (χ2v) is 5.77. The molecule has 0 aromatic heterocycles. The summed E-state index contributed by atoms with van der Waals surface area (Å²) in [7, 11) is 2.13. The van der Waals surface area contributed by atoms with Crippen LogP contribution < -0.4 is 0 Å². The van der Waals surface area contributed by atoms with Crippen LogP contribution in [0.1, 0.15) is 39.5 Å². The van der Waals surface area contributed by atoms with Crippen LogP contribution in [0, 0.1) is 11.3 Å². The van der Waals surface area contributed by atoms with Crippen molar-refractivity contribution in [3.63, 3.8) is 0 Å². The van der Waals surface area contributed by atoms with Crippen LogP contribution in [0.4, 0.5) is 0 Å². The Morgan fingerprint density at radius 1 is 1.41 bits per heavy atom. The Bertz CT molecular complexity index is 226. The summed E-state index contributed by atoms with van der Waals surface area (Å²) in [4.78, 5) is 13.5. The molecule has 0 aromatic rings. The number of hydrogen-bond acceptors (Lipinski definition) is 3. The van der Waals surface area contributed by atoms with Crippen LogP contribution in [0.25, 0.3) is 0 Å². The zero-order valence-electron chi connectivity index (χ0n) is 11.6. The average molecular weight is 241 g/mol. The Morgan fingerprint density at radius 3 is 2.59 bits per heavy atom. The van der Waals surface area contributed by atoms with Crippen molar-refractivity contribution in [2.24, 2.45) is 11.3 Å². The third kappa shape index (κ3) is 5.17. The van der Waals surface area contributed by atoms with Gasteiger partial charge in [0.2, 0.25) is 0 Å². The van der Waals surface area contributed by atoms with Gasteiger partial charge in [-0.3, -0.25) is 0 Å². The number of ether oxygens (including phenoxy) is 1. The van der Waals surface area contributed by atoms with Gasteiger partial charge in [-0.05, 0) is 32.2 Å². The number of rotatable bonds is 7. The minimum atomic E-state index is -0.172. The molecule has 3 nitrogen and oxygen atoms in total. The van der Waals surface area contributed by atoms with Gasteiger partial charge in [0.1, 0.15) is 6.29 Å². The molecule has 1 aliphatic rings. The molecular weight excluding hydrogens is 214 g/mol. The van der Waals surface area contributed by atoms with Gasteiger partial charge >= 0.3 is 0 Å². The highest BCUT2D eigenvalue weighted by atomic mass is 16.5. The van der Waals surface area contributed by atoms with Crippen LogP contribution >= 0.6 is 0 Å². The van der Waals surface area contributed by atoms with Crippen molar-refractivity contribution in [3.05, 3.63) is 0 Å². The molecule has 0 aromatic carbocycles. The fourth-order valence-electron chi connectivity index (χ4n) is 2.80. The standard InChI is InChI=1S/C14H27NO2/c1-4-7-14(2,12-16)11-15(3)10-13-5-8-17-9-6-13/h12-13H,4-11H2,1-3H3. The normalized spacial score (nSPS) is 21.4. The molecule has 100 valence electrons. The Hall–Kier alpha value is -0.410. The van der Waals surface area contributed by atoms with E-state index in [4.69, 9.17) is 4.74 Å². The minimum absolute atomic E-state index is 0.172. The summed E-state index contributed by atoms with van der Waals surface area (Å²) in [5, 5.41) is 0. The van der Waals surface area contributed by atoms with Gasteiger partial charge in [0.05, 0.1) is 0 Å². The van der Waals surface area contributed by atoms with E-state index < -0.39 is 0 Å². The van der Waals surface area contributed by atoms with E-state index in [-0.39, 0.29) is 5.41 Å². The third-order valence-corrected chi connectivity index (χ3v) is 3.65. The summed E-state index contributed by atoms with van der Waals surface area (Å²) in [5.74, 6) is 0.742. The van der Waals surface area contributed by atoms with E-state index in [1.165, 1.54) is 0 Å². The van der Waals surface area contributed by atoms with E-state index in [9.17, 15) is 4.79 Å². The zero-order chi connectivity index (χ0) is 12.7. The molecule has 1 atom stereocenters. The Kier molecular flexibility index (Phi) is 6.14. The SMILES string of the molecule is CCCC(C)(C=O)CN(C)CC1CCOCC1. The van der Waals surface area contributed by atoms with Crippen molar-refractivity contribution >= 4 is 6.29 Å². The molecule has 0 saturated carbocycles. The van der Waals surface area contributed by atoms with Crippen LogP contribution in [0.15, 0.2) is 0 Å². The van der Waals surface area contributed by atoms with Crippen molar-refractivity contribution in [2.45, 2.75) is 39.5 Å². The van der Waals surface area contributed by atoms with Crippen LogP contribution in [0.5, 0.6) is 0 Å². The van der Waals surface area contributed by atoms with Crippen LogP contribution in [0.3, 0.4) is 0 Å². The first-order valence-corrected chi connectivity index (χ1v) is 6.82. The Morgan fingerprint density at radius 2 is 2.06 bits per heavy atom. The highest BCUT2D eigenvalue weighted by molar-refractivity contribution is 5.58. The lowest BCUT2D eigenvalue weighted by Crippen LogP contribution is -2.38.